The van der Waals surface area contributed by atoms with Gasteiger partial charge in [0.05, 0.1) is 6.54 Å². The number of rotatable bonds is 22. The third kappa shape index (κ3) is 17.7. The van der Waals surface area contributed by atoms with Gasteiger partial charge in [0, 0.05) is 0 Å². The Labute approximate surface area is 224 Å². The van der Waals surface area contributed by atoms with Crippen LogP contribution in [0.4, 0.5) is 0 Å². The van der Waals surface area contributed by atoms with Gasteiger partial charge in [0.25, 0.3) is 0 Å². The predicted octanol–water partition coefficient (Wildman–Crippen LogP) is 5.97. The molecule has 0 fully saturated rings. The molecule has 198 valence electrons. The van der Waals surface area contributed by atoms with E-state index in [9.17, 15) is 0 Å². The molecule has 1 nitrogen and oxygen atoms in total. The molecule has 0 heterocycles. The highest BCUT2D eigenvalue weighted by Gasteiger charge is 2.11. The Morgan fingerprint density at radius 1 is 0.429 bits per heavy atom. The lowest BCUT2D eigenvalue weighted by Crippen LogP contribution is -3.00. The zero-order valence-corrected chi connectivity index (χ0v) is 23.3. The maximum absolute atomic E-state index is 3.92. The van der Waals surface area contributed by atoms with Crippen LogP contribution in [0.1, 0.15) is 120 Å². The Balaban J connectivity index is 0.00000612. The van der Waals surface area contributed by atoms with Crippen LogP contribution in [-0.2, 0) is 12.8 Å². The second-order valence-corrected chi connectivity index (χ2v) is 10.5. The van der Waals surface area contributed by atoms with Gasteiger partial charge in [-0.05, 0) is 49.1 Å². The summed E-state index contributed by atoms with van der Waals surface area (Å²) in [6.07, 6.45) is 26.7. The Morgan fingerprint density at radius 3 is 1.09 bits per heavy atom. The molecular formula is C33H54ClN. The minimum absolute atomic E-state index is 0. The summed E-state index contributed by atoms with van der Waals surface area (Å²) in [6, 6.07) is 22.2. The molecule has 0 aromatic heterocycles. The van der Waals surface area contributed by atoms with Gasteiger partial charge in [0.15, 0.2) is 0 Å². The molecule has 0 saturated carbocycles. The molecule has 0 unspecified atom stereocenters. The summed E-state index contributed by atoms with van der Waals surface area (Å²) >= 11 is 0. The minimum Gasteiger partial charge on any atom is -1.00 e. The largest absolute Gasteiger partial charge is 1.00 e. The molecule has 0 bridgehead atoms. The van der Waals surface area contributed by atoms with Crippen molar-refractivity contribution in [3.63, 3.8) is 0 Å². The number of halogens is 1. The highest BCUT2D eigenvalue weighted by atomic mass is 35.5. The van der Waals surface area contributed by atoms with Crippen molar-refractivity contribution in [2.45, 2.75) is 122 Å². The average Bonchev–Trinajstić information content (AvgIpc) is 2.87. The van der Waals surface area contributed by atoms with Crippen molar-refractivity contribution in [2.24, 2.45) is 5.92 Å². The maximum Gasteiger partial charge on any atom is 0.0739 e. The van der Waals surface area contributed by atoms with Gasteiger partial charge < -0.3 is 18.1 Å². The number of hydrogen-bond donors (Lipinski definition) is 1. The van der Waals surface area contributed by atoms with Crippen molar-refractivity contribution in [3.05, 3.63) is 71.8 Å². The van der Waals surface area contributed by atoms with E-state index in [2.05, 4.69) is 66.4 Å². The van der Waals surface area contributed by atoms with Gasteiger partial charge in [-0.2, -0.15) is 0 Å². The van der Waals surface area contributed by atoms with E-state index in [0.717, 1.165) is 12.5 Å². The van der Waals surface area contributed by atoms with Crippen LogP contribution in [0.25, 0.3) is 0 Å². The van der Waals surface area contributed by atoms with Gasteiger partial charge in [0.1, 0.15) is 0 Å². The van der Waals surface area contributed by atoms with E-state index >= 15 is 0 Å². The van der Waals surface area contributed by atoms with Crippen LogP contribution >= 0.6 is 0 Å². The van der Waals surface area contributed by atoms with Crippen molar-refractivity contribution >= 4 is 0 Å². The molecular weight excluding hydrogens is 446 g/mol. The molecule has 2 aromatic rings. The Hall–Kier alpha value is -1.31. The molecule has 0 atom stereocenters. The first kappa shape index (κ1) is 31.7. The number of benzene rings is 2. The van der Waals surface area contributed by atoms with Crippen LogP contribution in [0, 0.1) is 5.92 Å². The van der Waals surface area contributed by atoms with Crippen molar-refractivity contribution in [1.29, 1.82) is 0 Å². The first-order chi connectivity index (χ1) is 16.9. The normalized spacial score (nSPS) is 11.0. The van der Waals surface area contributed by atoms with E-state index in [1.54, 1.807) is 0 Å². The molecule has 0 amide bonds. The monoisotopic (exact) mass is 499 g/mol. The SMILES string of the molecule is [Cl-].[NH3+]CCCCCCCCCCCCCCCCCCC(Cc1ccccc1)Cc1ccccc1. The second-order valence-electron chi connectivity index (χ2n) is 10.5. The van der Waals surface area contributed by atoms with Crippen LogP contribution < -0.4 is 18.1 Å². The summed E-state index contributed by atoms with van der Waals surface area (Å²) in [5.74, 6) is 0.762. The van der Waals surface area contributed by atoms with Crippen LogP contribution in [-0.4, -0.2) is 6.54 Å². The summed E-state index contributed by atoms with van der Waals surface area (Å²) in [6.45, 7) is 1.12. The van der Waals surface area contributed by atoms with Crippen LogP contribution in [0.5, 0.6) is 0 Å². The van der Waals surface area contributed by atoms with Crippen molar-refractivity contribution in [1.82, 2.24) is 0 Å². The van der Waals surface area contributed by atoms with Gasteiger partial charge >= 0.3 is 0 Å². The van der Waals surface area contributed by atoms with Gasteiger partial charge in [-0.15, -0.1) is 0 Å². The fourth-order valence-corrected chi connectivity index (χ4v) is 5.26. The molecule has 0 saturated heterocycles. The first-order valence-electron chi connectivity index (χ1n) is 14.8. The molecule has 2 rings (SSSR count). The topological polar surface area (TPSA) is 27.6 Å². The second kappa shape index (κ2) is 23.1. The summed E-state index contributed by atoms with van der Waals surface area (Å²) in [5.41, 5.74) is 6.91. The van der Waals surface area contributed by atoms with Crippen molar-refractivity contribution < 1.29 is 18.1 Å². The molecule has 35 heavy (non-hydrogen) atoms. The van der Waals surface area contributed by atoms with E-state index in [1.807, 2.05) is 0 Å². The fourth-order valence-electron chi connectivity index (χ4n) is 5.26. The summed E-state index contributed by atoms with van der Waals surface area (Å²) in [5, 5.41) is 0. The Bertz CT molecular complexity index is 631. The maximum atomic E-state index is 3.92. The van der Waals surface area contributed by atoms with E-state index in [1.165, 1.54) is 133 Å². The van der Waals surface area contributed by atoms with Gasteiger partial charge in [0.2, 0.25) is 0 Å². The van der Waals surface area contributed by atoms with E-state index in [4.69, 9.17) is 0 Å². The summed E-state index contributed by atoms with van der Waals surface area (Å²) < 4.78 is 0. The average molecular weight is 500 g/mol. The lowest BCUT2D eigenvalue weighted by atomic mass is 9.88. The molecule has 3 N–H and O–H groups in total. The standard InChI is InChI=1S/C33H53N.ClH/c34-28-22-14-12-10-8-6-4-2-1-3-5-7-9-11-13-17-27-33(29-31-23-18-15-19-24-31)30-32-25-20-16-21-26-32;/h15-16,18-21,23-26,33H,1-14,17,22,27-30,34H2;1H. The van der Waals surface area contributed by atoms with Crippen LogP contribution in [0.3, 0.4) is 0 Å². The van der Waals surface area contributed by atoms with E-state index < -0.39 is 0 Å². The molecule has 0 aliphatic heterocycles. The number of quaternary nitrogens is 1. The zero-order chi connectivity index (χ0) is 23.9. The van der Waals surface area contributed by atoms with E-state index in [0.29, 0.717) is 0 Å². The molecule has 0 spiro atoms. The molecule has 0 aliphatic carbocycles. The van der Waals surface area contributed by atoms with Gasteiger partial charge in [-0.1, -0.05) is 151 Å². The Kier molecular flexibility index (Phi) is 20.9. The number of unbranched alkanes of at least 4 members (excludes halogenated alkanes) is 15. The quantitative estimate of drug-likeness (QED) is 0.193. The third-order valence-electron chi connectivity index (χ3n) is 7.35. The molecule has 2 aromatic carbocycles. The lowest BCUT2D eigenvalue weighted by molar-refractivity contribution is -0.368. The molecule has 2 heteroatoms. The zero-order valence-electron chi connectivity index (χ0n) is 22.6. The number of hydrogen-bond acceptors (Lipinski definition) is 0. The predicted molar refractivity (Wildman–Crippen MR) is 150 cm³/mol. The Morgan fingerprint density at radius 2 is 0.743 bits per heavy atom. The van der Waals surface area contributed by atoms with Gasteiger partial charge in [-0.3, -0.25) is 0 Å². The fraction of sp³-hybridized carbons (Fsp3) is 0.636. The van der Waals surface area contributed by atoms with Crippen molar-refractivity contribution in [2.75, 3.05) is 6.54 Å². The van der Waals surface area contributed by atoms with Crippen LogP contribution in [0.2, 0.25) is 0 Å². The smallest absolute Gasteiger partial charge is 0.0739 e. The summed E-state index contributed by atoms with van der Waals surface area (Å²) in [7, 11) is 0. The minimum atomic E-state index is 0. The van der Waals surface area contributed by atoms with E-state index in [-0.39, 0.29) is 12.4 Å². The lowest BCUT2D eigenvalue weighted by Gasteiger charge is -2.17. The van der Waals surface area contributed by atoms with Gasteiger partial charge in [-0.25, -0.2) is 0 Å². The molecule has 0 aliphatic rings. The highest BCUT2D eigenvalue weighted by Crippen LogP contribution is 2.22. The van der Waals surface area contributed by atoms with Crippen LogP contribution in [0.15, 0.2) is 60.7 Å². The highest BCUT2D eigenvalue weighted by molar-refractivity contribution is 5.18. The molecule has 0 radical (unpaired) electrons. The van der Waals surface area contributed by atoms with Crippen molar-refractivity contribution in [3.8, 4) is 0 Å². The third-order valence-corrected chi connectivity index (χ3v) is 7.35. The first-order valence-corrected chi connectivity index (χ1v) is 14.8. The summed E-state index contributed by atoms with van der Waals surface area (Å²) in [4.78, 5) is 0.